The van der Waals surface area contributed by atoms with Crippen LogP contribution in [0, 0.1) is 0 Å². The number of rotatable bonds is 5. The second-order valence-electron chi connectivity index (χ2n) is 5.84. The molecule has 7 heteroatoms. The van der Waals surface area contributed by atoms with Crippen molar-refractivity contribution in [1.29, 1.82) is 0 Å². The third kappa shape index (κ3) is 4.43. The summed E-state index contributed by atoms with van der Waals surface area (Å²) in [4.78, 5) is 11.3. The number of alkyl halides is 3. The minimum atomic E-state index is -4.72. The first-order valence-electron chi connectivity index (χ1n) is 8.05. The van der Waals surface area contributed by atoms with Gasteiger partial charge in [0.25, 0.3) is 0 Å². The molecule has 146 valence electrons. The number of phenolic OH excluding ortho intramolecular Hbond substituents is 1. The quantitative estimate of drug-likeness (QED) is 0.355. The Bertz CT molecular complexity index is 985. The van der Waals surface area contributed by atoms with Crippen molar-refractivity contribution in [3.05, 3.63) is 83.7 Å². The van der Waals surface area contributed by atoms with Gasteiger partial charge in [0.1, 0.15) is 17.1 Å². The average Bonchev–Trinajstić information content (AvgIpc) is 2.64. The molecular formula is C21H17F3O4. The number of allylic oxidation sites excluding steroid dienone is 3. The van der Waals surface area contributed by atoms with E-state index in [1.807, 2.05) is 0 Å². The number of carboxylic acids is 1. The molecule has 0 unspecified atom stereocenters. The van der Waals surface area contributed by atoms with E-state index < -0.39 is 29.0 Å². The number of aliphatic hydroxyl groups is 1. The summed E-state index contributed by atoms with van der Waals surface area (Å²) in [5.74, 6) is -2.28. The van der Waals surface area contributed by atoms with E-state index in [2.05, 4.69) is 6.58 Å². The van der Waals surface area contributed by atoms with Crippen molar-refractivity contribution in [3.63, 3.8) is 0 Å². The fraction of sp³-hybridized carbons (Fsp3) is 0.0952. The highest BCUT2D eigenvalue weighted by atomic mass is 19.4. The molecule has 2 aromatic rings. The van der Waals surface area contributed by atoms with Gasteiger partial charge in [0.15, 0.2) is 0 Å². The molecule has 0 aromatic heterocycles. The fourth-order valence-corrected chi connectivity index (χ4v) is 2.57. The largest absolute Gasteiger partial charge is 0.507 e. The molecule has 0 saturated heterocycles. The topological polar surface area (TPSA) is 77.8 Å². The Balaban J connectivity index is 2.62. The molecule has 0 amide bonds. The lowest BCUT2D eigenvalue weighted by Gasteiger charge is -2.16. The van der Waals surface area contributed by atoms with E-state index in [0.717, 1.165) is 18.2 Å². The van der Waals surface area contributed by atoms with Crippen LogP contribution < -0.4 is 0 Å². The molecule has 0 fully saturated rings. The fourth-order valence-electron chi connectivity index (χ4n) is 2.57. The van der Waals surface area contributed by atoms with Crippen molar-refractivity contribution >= 4 is 11.5 Å². The lowest BCUT2D eigenvalue weighted by atomic mass is 9.93. The summed E-state index contributed by atoms with van der Waals surface area (Å²) < 4.78 is 40.8. The molecule has 0 aliphatic carbocycles. The summed E-state index contributed by atoms with van der Waals surface area (Å²) in [7, 11) is 0. The maximum atomic E-state index is 13.6. The van der Waals surface area contributed by atoms with Gasteiger partial charge in [-0.2, -0.15) is 13.2 Å². The molecule has 0 heterocycles. The molecule has 4 nitrogen and oxygen atoms in total. The van der Waals surface area contributed by atoms with Crippen molar-refractivity contribution < 1.29 is 33.3 Å². The Morgan fingerprint density at radius 3 is 2.25 bits per heavy atom. The van der Waals surface area contributed by atoms with Crippen LogP contribution in [0.3, 0.4) is 0 Å². The lowest BCUT2D eigenvalue weighted by molar-refractivity contribution is -0.137. The first-order valence-corrected chi connectivity index (χ1v) is 8.05. The van der Waals surface area contributed by atoms with E-state index in [9.17, 15) is 28.2 Å². The number of halogens is 3. The second kappa shape index (κ2) is 8.04. The van der Waals surface area contributed by atoms with E-state index >= 15 is 0 Å². The van der Waals surface area contributed by atoms with Gasteiger partial charge in [0, 0.05) is 5.56 Å². The number of benzene rings is 2. The highest BCUT2D eigenvalue weighted by Gasteiger charge is 2.34. The molecule has 2 aromatic carbocycles. The van der Waals surface area contributed by atoms with Gasteiger partial charge in [0.05, 0.1) is 5.56 Å². The van der Waals surface area contributed by atoms with Crippen molar-refractivity contribution in [2.24, 2.45) is 0 Å². The summed E-state index contributed by atoms with van der Waals surface area (Å²) in [6, 6.07) is 8.99. The van der Waals surface area contributed by atoms with Crippen LogP contribution in [-0.2, 0) is 11.0 Å². The molecule has 0 saturated carbocycles. The van der Waals surface area contributed by atoms with Crippen LogP contribution in [-0.4, -0.2) is 21.3 Å². The molecule has 2 rings (SSSR count). The number of aromatic hydroxyl groups is 1. The Morgan fingerprint density at radius 1 is 1.07 bits per heavy atom. The van der Waals surface area contributed by atoms with Crippen molar-refractivity contribution in [2.75, 3.05) is 0 Å². The number of para-hydroxylation sites is 1. The van der Waals surface area contributed by atoms with Gasteiger partial charge in [-0.15, -0.1) is 0 Å². The number of hydrogen-bond acceptors (Lipinski definition) is 3. The minimum Gasteiger partial charge on any atom is -0.507 e. The molecule has 0 atom stereocenters. The van der Waals surface area contributed by atoms with Crippen LogP contribution in [0.1, 0.15) is 18.1 Å². The summed E-state index contributed by atoms with van der Waals surface area (Å²) in [6.07, 6.45) is -2.58. The number of carboxylic acid groups (broad SMARTS) is 1. The Morgan fingerprint density at radius 2 is 1.71 bits per heavy atom. The Kier molecular flexibility index (Phi) is 5.98. The molecule has 0 radical (unpaired) electrons. The standard InChI is InChI=1S/C21H17F3O4/c1-3-18(25)16(20(27)28)10-12(2)13-8-9-14(17(11-13)21(22,23)24)15-6-4-5-7-19(15)26/h3-11,25-26H,2H2,1H3,(H,27,28)/b16-10+,18-3+. The van der Waals surface area contributed by atoms with Gasteiger partial charge in [-0.3, -0.25) is 0 Å². The maximum absolute atomic E-state index is 13.6. The zero-order valence-electron chi connectivity index (χ0n) is 14.8. The number of phenols is 1. The van der Waals surface area contributed by atoms with Crippen LogP contribution >= 0.6 is 0 Å². The normalized spacial score (nSPS) is 12.7. The van der Waals surface area contributed by atoms with Crippen molar-refractivity contribution in [1.82, 2.24) is 0 Å². The van der Waals surface area contributed by atoms with Crippen molar-refractivity contribution in [3.8, 4) is 16.9 Å². The lowest BCUT2D eigenvalue weighted by Crippen LogP contribution is -2.08. The summed E-state index contributed by atoms with van der Waals surface area (Å²) in [5, 5.41) is 28.7. The molecule has 0 bridgehead atoms. The van der Waals surface area contributed by atoms with E-state index in [1.165, 1.54) is 43.3 Å². The maximum Gasteiger partial charge on any atom is 0.417 e. The van der Waals surface area contributed by atoms with Crippen LogP contribution in [0.5, 0.6) is 5.75 Å². The number of aliphatic hydroxyl groups excluding tert-OH is 1. The molecule has 0 spiro atoms. The molecule has 0 aliphatic heterocycles. The van der Waals surface area contributed by atoms with E-state index in [-0.39, 0.29) is 28.0 Å². The van der Waals surface area contributed by atoms with Gasteiger partial charge in [0.2, 0.25) is 0 Å². The monoisotopic (exact) mass is 390 g/mol. The molecule has 0 aliphatic rings. The highest BCUT2D eigenvalue weighted by molar-refractivity contribution is 5.95. The summed E-state index contributed by atoms with van der Waals surface area (Å²) in [5.41, 5.74) is -1.71. The molecule has 28 heavy (non-hydrogen) atoms. The summed E-state index contributed by atoms with van der Waals surface area (Å²) >= 11 is 0. The number of aliphatic carboxylic acids is 1. The zero-order chi connectivity index (χ0) is 21.1. The van der Waals surface area contributed by atoms with E-state index in [1.54, 1.807) is 0 Å². The zero-order valence-corrected chi connectivity index (χ0v) is 14.8. The second-order valence-corrected chi connectivity index (χ2v) is 5.84. The Labute approximate surface area is 159 Å². The van der Waals surface area contributed by atoms with Gasteiger partial charge >= 0.3 is 12.1 Å². The van der Waals surface area contributed by atoms with Gasteiger partial charge in [-0.25, -0.2) is 4.79 Å². The first kappa shape index (κ1) is 20.8. The Hall–Kier alpha value is -3.48. The average molecular weight is 390 g/mol. The van der Waals surface area contributed by atoms with E-state index in [0.29, 0.717) is 0 Å². The van der Waals surface area contributed by atoms with Gasteiger partial charge < -0.3 is 15.3 Å². The third-order valence-corrected chi connectivity index (χ3v) is 3.99. The smallest absolute Gasteiger partial charge is 0.417 e. The number of carbonyl (C=O) groups is 1. The minimum absolute atomic E-state index is 0.0142. The predicted octanol–water partition coefficient (Wildman–Crippen LogP) is 5.56. The van der Waals surface area contributed by atoms with Crippen LogP contribution in [0.25, 0.3) is 16.7 Å². The van der Waals surface area contributed by atoms with E-state index in [4.69, 9.17) is 5.11 Å². The van der Waals surface area contributed by atoms with Crippen LogP contribution in [0.2, 0.25) is 0 Å². The van der Waals surface area contributed by atoms with Gasteiger partial charge in [-0.1, -0.05) is 36.9 Å². The summed E-state index contributed by atoms with van der Waals surface area (Å²) in [6.45, 7) is 5.03. The van der Waals surface area contributed by atoms with Crippen LogP contribution in [0.4, 0.5) is 13.2 Å². The predicted molar refractivity (Wildman–Crippen MR) is 99.7 cm³/mol. The highest BCUT2D eigenvalue weighted by Crippen LogP contribution is 2.41. The SMILES string of the molecule is C=C(/C=C(C(=O)O)\C(O)=C/C)c1ccc(-c2ccccc2O)c(C(F)(F)F)c1. The molecular weight excluding hydrogens is 373 g/mol. The van der Waals surface area contributed by atoms with Crippen LogP contribution in [0.15, 0.2) is 72.5 Å². The van der Waals surface area contributed by atoms with Gasteiger partial charge in [-0.05, 0) is 47.9 Å². The first-order chi connectivity index (χ1) is 13.1. The third-order valence-electron chi connectivity index (χ3n) is 3.99. The van der Waals surface area contributed by atoms with Crippen molar-refractivity contribution in [2.45, 2.75) is 13.1 Å². The molecule has 3 N–H and O–H groups in total. The number of hydrogen-bond donors (Lipinski definition) is 3.